The van der Waals surface area contributed by atoms with Crippen LogP contribution in [-0.4, -0.2) is 4.98 Å². The predicted octanol–water partition coefficient (Wildman–Crippen LogP) is 3.45. The monoisotopic (exact) mass is 310 g/mol. The summed E-state index contributed by atoms with van der Waals surface area (Å²) in [6, 6.07) is 8.05. The fourth-order valence-corrected chi connectivity index (χ4v) is 1.95. The van der Waals surface area contributed by atoms with Crippen molar-refractivity contribution in [3.8, 4) is 5.75 Å². The fraction of sp³-hybridized carbons (Fsp3) is 0.154. The second-order valence-electron chi connectivity index (χ2n) is 3.86. The Morgan fingerprint density at radius 2 is 2.11 bits per heavy atom. The number of ether oxygens (including phenoxy) is 1. The maximum atomic E-state index is 12.9. The molecule has 2 N–H and O–H groups in total. The second kappa shape index (κ2) is 5.35. The van der Waals surface area contributed by atoms with Gasteiger partial charge in [-0.05, 0) is 31.2 Å². The lowest BCUT2D eigenvalue weighted by molar-refractivity contribution is 0.306. The van der Waals surface area contributed by atoms with Crippen molar-refractivity contribution in [3.05, 3.63) is 51.9 Å². The molecule has 3 nitrogen and oxygen atoms in total. The van der Waals surface area contributed by atoms with E-state index >= 15 is 0 Å². The summed E-state index contributed by atoms with van der Waals surface area (Å²) < 4.78 is 19.1. The smallest absolute Gasteiger partial charge is 0.166 e. The summed E-state index contributed by atoms with van der Waals surface area (Å²) in [5.74, 6) is 0.590. The zero-order valence-corrected chi connectivity index (χ0v) is 11.4. The largest absolute Gasteiger partial charge is 0.485 e. The average molecular weight is 311 g/mol. The SMILES string of the molecule is Cc1ccc(OCc2ccc(F)cc2Br)c(N)n1. The van der Waals surface area contributed by atoms with E-state index in [0.717, 1.165) is 11.3 Å². The number of hydrogen-bond donors (Lipinski definition) is 1. The highest BCUT2D eigenvalue weighted by Gasteiger charge is 2.05. The van der Waals surface area contributed by atoms with Gasteiger partial charge in [0.1, 0.15) is 12.4 Å². The first-order chi connectivity index (χ1) is 8.56. The minimum absolute atomic E-state index is 0.290. The van der Waals surface area contributed by atoms with Crippen molar-refractivity contribution in [3.63, 3.8) is 0 Å². The average Bonchev–Trinajstić information content (AvgIpc) is 2.30. The number of rotatable bonds is 3. The third-order valence-electron chi connectivity index (χ3n) is 2.42. The Hall–Kier alpha value is -1.62. The van der Waals surface area contributed by atoms with Crippen LogP contribution in [-0.2, 0) is 6.61 Å². The third kappa shape index (κ3) is 2.98. The van der Waals surface area contributed by atoms with Crippen LogP contribution in [0.1, 0.15) is 11.3 Å². The van der Waals surface area contributed by atoms with Gasteiger partial charge in [-0.3, -0.25) is 0 Å². The van der Waals surface area contributed by atoms with E-state index in [0.29, 0.717) is 22.6 Å². The van der Waals surface area contributed by atoms with E-state index in [2.05, 4.69) is 20.9 Å². The molecular weight excluding hydrogens is 299 g/mol. The van der Waals surface area contributed by atoms with Gasteiger partial charge in [0.2, 0.25) is 0 Å². The molecule has 0 saturated heterocycles. The van der Waals surface area contributed by atoms with E-state index < -0.39 is 0 Å². The Morgan fingerprint density at radius 3 is 2.78 bits per heavy atom. The minimum Gasteiger partial charge on any atom is -0.485 e. The molecule has 0 radical (unpaired) electrons. The molecule has 0 spiro atoms. The first-order valence-electron chi connectivity index (χ1n) is 5.36. The lowest BCUT2D eigenvalue weighted by atomic mass is 10.2. The molecule has 1 heterocycles. The number of hydrogen-bond acceptors (Lipinski definition) is 3. The molecule has 0 amide bonds. The van der Waals surface area contributed by atoms with Gasteiger partial charge < -0.3 is 10.5 Å². The van der Waals surface area contributed by atoms with Crippen LogP contribution in [0.3, 0.4) is 0 Å². The Labute approximate surface area is 113 Å². The van der Waals surface area contributed by atoms with Crippen LogP contribution in [0, 0.1) is 12.7 Å². The lowest BCUT2D eigenvalue weighted by Gasteiger charge is -2.10. The quantitative estimate of drug-likeness (QED) is 0.944. The molecule has 0 saturated carbocycles. The topological polar surface area (TPSA) is 48.1 Å². The van der Waals surface area contributed by atoms with Gasteiger partial charge in [0.25, 0.3) is 0 Å². The molecule has 0 aliphatic heterocycles. The number of aryl methyl sites for hydroxylation is 1. The van der Waals surface area contributed by atoms with Crippen LogP contribution in [0.4, 0.5) is 10.2 Å². The van der Waals surface area contributed by atoms with Gasteiger partial charge in [-0.2, -0.15) is 0 Å². The highest BCUT2D eigenvalue weighted by atomic mass is 79.9. The molecular formula is C13H12BrFN2O. The predicted molar refractivity (Wildman–Crippen MR) is 71.8 cm³/mol. The second-order valence-corrected chi connectivity index (χ2v) is 4.71. The highest BCUT2D eigenvalue weighted by molar-refractivity contribution is 9.10. The van der Waals surface area contributed by atoms with Gasteiger partial charge in [-0.15, -0.1) is 0 Å². The van der Waals surface area contributed by atoms with E-state index in [-0.39, 0.29) is 5.82 Å². The number of pyridine rings is 1. The molecule has 0 bridgehead atoms. The van der Waals surface area contributed by atoms with Crippen molar-refractivity contribution in [1.29, 1.82) is 0 Å². The molecule has 94 valence electrons. The summed E-state index contributed by atoms with van der Waals surface area (Å²) in [5.41, 5.74) is 7.42. The van der Waals surface area contributed by atoms with Gasteiger partial charge in [-0.1, -0.05) is 22.0 Å². The number of nitrogens with zero attached hydrogens (tertiary/aromatic N) is 1. The van der Waals surface area contributed by atoms with Crippen LogP contribution in [0.5, 0.6) is 5.75 Å². The van der Waals surface area contributed by atoms with Crippen LogP contribution in [0.15, 0.2) is 34.8 Å². The molecule has 2 rings (SSSR count). The van der Waals surface area contributed by atoms with Gasteiger partial charge >= 0.3 is 0 Å². The highest BCUT2D eigenvalue weighted by Crippen LogP contribution is 2.23. The molecule has 0 fully saturated rings. The number of aromatic nitrogens is 1. The van der Waals surface area contributed by atoms with Crippen molar-refractivity contribution in [1.82, 2.24) is 4.98 Å². The molecule has 0 unspecified atom stereocenters. The first kappa shape index (κ1) is 12.8. The van der Waals surface area contributed by atoms with E-state index in [1.54, 1.807) is 12.1 Å². The Kier molecular flexibility index (Phi) is 3.81. The number of anilines is 1. The summed E-state index contributed by atoms with van der Waals surface area (Å²) in [7, 11) is 0. The number of benzene rings is 1. The van der Waals surface area contributed by atoms with Gasteiger partial charge in [-0.25, -0.2) is 9.37 Å². The van der Waals surface area contributed by atoms with Crippen molar-refractivity contribution >= 4 is 21.7 Å². The van der Waals surface area contributed by atoms with Crippen LogP contribution in [0.2, 0.25) is 0 Å². The lowest BCUT2D eigenvalue weighted by Crippen LogP contribution is -2.01. The standard InChI is InChI=1S/C13H12BrFN2O/c1-8-2-5-12(13(16)17-8)18-7-9-3-4-10(15)6-11(9)14/h2-6H,7H2,1H3,(H2,16,17). The molecule has 0 aliphatic carbocycles. The Balaban J connectivity index is 2.11. The summed E-state index contributed by atoms with van der Waals surface area (Å²) in [4.78, 5) is 4.10. The van der Waals surface area contributed by atoms with E-state index in [9.17, 15) is 4.39 Å². The Bertz CT molecular complexity index is 523. The normalized spacial score (nSPS) is 10.4. The van der Waals surface area contributed by atoms with Gasteiger partial charge in [0.15, 0.2) is 11.6 Å². The number of nitrogens with two attached hydrogens (primary N) is 1. The summed E-state index contributed by atoms with van der Waals surface area (Å²) in [6.07, 6.45) is 0. The fourth-order valence-electron chi connectivity index (χ4n) is 1.48. The molecule has 5 heteroatoms. The Morgan fingerprint density at radius 1 is 1.33 bits per heavy atom. The summed E-state index contributed by atoms with van der Waals surface area (Å²) in [5, 5.41) is 0. The molecule has 1 aromatic heterocycles. The van der Waals surface area contributed by atoms with Crippen molar-refractivity contribution in [2.45, 2.75) is 13.5 Å². The zero-order valence-electron chi connectivity index (χ0n) is 9.78. The van der Waals surface area contributed by atoms with Crippen molar-refractivity contribution < 1.29 is 9.13 Å². The zero-order chi connectivity index (χ0) is 13.1. The van der Waals surface area contributed by atoms with Crippen LogP contribution in [0.25, 0.3) is 0 Å². The van der Waals surface area contributed by atoms with E-state index in [4.69, 9.17) is 10.5 Å². The molecule has 0 atom stereocenters. The minimum atomic E-state index is -0.290. The third-order valence-corrected chi connectivity index (χ3v) is 3.16. The van der Waals surface area contributed by atoms with Gasteiger partial charge in [0, 0.05) is 15.7 Å². The summed E-state index contributed by atoms with van der Waals surface area (Å²) >= 11 is 3.28. The summed E-state index contributed by atoms with van der Waals surface area (Å²) in [6.45, 7) is 2.16. The number of halogens is 2. The van der Waals surface area contributed by atoms with Crippen molar-refractivity contribution in [2.24, 2.45) is 0 Å². The molecule has 2 aromatic rings. The molecule has 18 heavy (non-hydrogen) atoms. The van der Waals surface area contributed by atoms with E-state index in [1.807, 2.05) is 13.0 Å². The first-order valence-corrected chi connectivity index (χ1v) is 6.15. The maximum Gasteiger partial charge on any atom is 0.166 e. The maximum absolute atomic E-state index is 12.9. The van der Waals surface area contributed by atoms with Crippen LogP contribution < -0.4 is 10.5 Å². The molecule has 1 aromatic carbocycles. The van der Waals surface area contributed by atoms with E-state index in [1.165, 1.54) is 12.1 Å². The van der Waals surface area contributed by atoms with Crippen LogP contribution >= 0.6 is 15.9 Å². The van der Waals surface area contributed by atoms with Crippen molar-refractivity contribution in [2.75, 3.05) is 5.73 Å². The van der Waals surface area contributed by atoms with Gasteiger partial charge in [0.05, 0.1) is 0 Å². The molecule has 0 aliphatic rings. The number of nitrogen functional groups attached to an aromatic ring is 1.